The van der Waals surface area contributed by atoms with Gasteiger partial charge in [-0.2, -0.15) is 4.31 Å². The number of thioether (sulfide) groups is 1. The number of carbonyl (C=O) groups excluding carboxylic acids is 1. The second kappa shape index (κ2) is 10.2. The molecule has 0 atom stereocenters. The van der Waals surface area contributed by atoms with E-state index in [0.29, 0.717) is 24.5 Å². The van der Waals surface area contributed by atoms with Crippen molar-refractivity contribution < 1.29 is 13.2 Å². The van der Waals surface area contributed by atoms with Gasteiger partial charge in [-0.05, 0) is 44.9 Å². The monoisotopic (exact) mass is 441 g/mol. The molecule has 29 heavy (non-hydrogen) atoms. The van der Waals surface area contributed by atoms with E-state index < -0.39 is 10.0 Å². The average Bonchev–Trinajstić information content (AvgIpc) is 2.68. The lowest BCUT2D eigenvalue weighted by Crippen LogP contribution is -2.35. The fourth-order valence-electron chi connectivity index (χ4n) is 3.34. The molecule has 164 valence electrons. The average molecular weight is 442 g/mol. The molecule has 1 fully saturated rings. The zero-order valence-corrected chi connectivity index (χ0v) is 20.0. The van der Waals surface area contributed by atoms with Gasteiger partial charge in [-0.15, -0.1) is 11.8 Å². The largest absolute Gasteiger partial charge is 0.370 e. The molecule has 6 nitrogen and oxygen atoms in total. The number of nitrogens with zero attached hydrogens (tertiary/aromatic N) is 2. The third-order valence-electron chi connectivity index (χ3n) is 4.94. The summed E-state index contributed by atoms with van der Waals surface area (Å²) in [7, 11) is -3.55. The lowest BCUT2D eigenvalue weighted by molar-refractivity contribution is -0.113. The van der Waals surface area contributed by atoms with Crippen LogP contribution in [0.4, 0.5) is 11.4 Å². The van der Waals surface area contributed by atoms with Crippen LogP contribution in [0.15, 0.2) is 23.1 Å². The molecular formula is C21H35N3O3S2. The van der Waals surface area contributed by atoms with E-state index in [1.165, 1.54) is 0 Å². The number of piperidine rings is 1. The second-order valence-corrected chi connectivity index (χ2v) is 12.0. The van der Waals surface area contributed by atoms with E-state index in [9.17, 15) is 13.2 Å². The van der Waals surface area contributed by atoms with Crippen molar-refractivity contribution in [1.29, 1.82) is 0 Å². The molecule has 1 saturated heterocycles. The Balaban J connectivity index is 2.34. The molecule has 1 aromatic rings. The SMILES string of the molecule is CCN(CC)c1ccc(S(=O)(=O)N2CCCCC2)cc1NC(=O)CSC(C)(C)C. The number of benzene rings is 1. The van der Waals surface area contributed by atoms with Gasteiger partial charge in [-0.25, -0.2) is 8.42 Å². The summed E-state index contributed by atoms with van der Waals surface area (Å²) in [5.41, 5.74) is 1.41. The Morgan fingerprint density at radius 3 is 2.31 bits per heavy atom. The molecule has 1 aromatic carbocycles. The van der Waals surface area contributed by atoms with Gasteiger partial charge >= 0.3 is 0 Å². The molecule has 0 unspecified atom stereocenters. The summed E-state index contributed by atoms with van der Waals surface area (Å²) in [5, 5.41) is 2.96. The van der Waals surface area contributed by atoms with Crippen LogP contribution in [0.5, 0.6) is 0 Å². The topological polar surface area (TPSA) is 69.7 Å². The molecule has 0 radical (unpaired) electrons. The third-order valence-corrected chi connectivity index (χ3v) is 8.10. The van der Waals surface area contributed by atoms with Crippen LogP contribution in [0.2, 0.25) is 0 Å². The first-order valence-electron chi connectivity index (χ1n) is 10.4. The molecule has 0 spiro atoms. The third kappa shape index (κ3) is 6.62. The number of anilines is 2. The van der Waals surface area contributed by atoms with Gasteiger partial charge in [0, 0.05) is 30.9 Å². The Morgan fingerprint density at radius 1 is 1.14 bits per heavy atom. The molecule has 0 aliphatic carbocycles. The highest BCUT2D eigenvalue weighted by Crippen LogP contribution is 2.31. The molecule has 1 heterocycles. The van der Waals surface area contributed by atoms with Gasteiger partial charge < -0.3 is 10.2 Å². The highest BCUT2D eigenvalue weighted by molar-refractivity contribution is 8.01. The molecule has 0 aromatic heterocycles. The Kier molecular flexibility index (Phi) is 8.43. The molecule has 2 rings (SSSR count). The summed E-state index contributed by atoms with van der Waals surface area (Å²) in [6, 6.07) is 5.10. The number of carbonyl (C=O) groups is 1. The van der Waals surface area contributed by atoms with Crippen LogP contribution in [0.3, 0.4) is 0 Å². The van der Waals surface area contributed by atoms with Gasteiger partial charge in [0.2, 0.25) is 15.9 Å². The van der Waals surface area contributed by atoms with Crippen molar-refractivity contribution in [2.24, 2.45) is 0 Å². The van der Waals surface area contributed by atoms with Gasteiger partial charge in [-0.3, -0.25) is 4.79 Å². The van der Waals surface area contributed by atoms with Crippen LogP contribution in [0, 0.1) is 0 Å². The maximum absolute atomic E-state index is 13.1. The number of hydrogen-bond donors (Lipinski definition) is 1. The maximum Gasteiger partial charge on any atom is 0.243 e. The molecule has 1 amide bonds. The van der Waals surface area contributed by atoms with E-state index in [0.717, 1.165) is 38.0 Å². The van der Waals surface area contributed by atoms with Crippen molar-refractivity contribution in [2.75, 3.05) is 42.1 Å². The number of rotatable bonds is 8. The van der Waals surface area contributed by atoms with Gasteiger partial charge in [0.1, 0.15) is 0 Å². The van der Waals surface area contributed by atoms with Gasteiger partial charge in [0.05, 0.1) is 22.0 Å². The fraction of sp³-hybridized carbons (Fsp3) is 0.667. The molecule has 1 aliphatic heterocycles. The summed E-state index contributed by atoms with van der Waals surface area (Å²) in [5.74, 6) is 0.204. The molecule has 0 saturated carbocycles. The smallest absolute Gasteiger partial charge is 0.243 e. The van der Waals surface area contributed by atoms with E-state index >= 15 is 0 Å². The van der Waals surface area contributed by atoms with Gasteiger partial charge in [0.25, 0.3) is 0 Å². The van der Waals surface area contributed by atoms with E-state index in [1.54, 1.807) is 28.2 Å². The fourth-order valence-corrected chi connectivity index (χ4v) is 5.52. The van der Waals surface area contributed by atoms with E-state index in [4.69, 9.17) is 0 Å². The van der Waals surface area contributed by atoms with Crippen molar-refractivity contribution in [2.45, 2.75) is 63.5 Å². The Bertz CT molecular complexity index is 794. The van der Waals surface area contributed by atoms with Crippen molar-refractivity contribution >= 4 is 39.1 Å². The second-order valence-electron chi connectivity index (χ2n) is 8.27. The maximum atomic E-state index is 13.1. The van der Waals surface area contributed by atoms with Gasteiger partial charge in [0.15, 0.2) is 0 Å². The first-order valence-corrected chi connectivity index (χ1v) is 12.8. The number of hydrogen-bond acceptors (Lipinski definition) is 5. The van der Waals surface area contributed by atoms with Crippen LogP contribution in [0.25, 0.3) is 0 Å². The minimum absolute atomic E-state index is 0.0154. The lowest BCUT2D eigenvalue weighted by atomic mass is 10.2. The minimum Gasteiger partial charge on any atom is -0.370 e. The normalized spacial score (nSPS) is 15.9. The summed E-state index contributed by atoms with van der Waals surface area (Å²) < 4.78 is 27.7. The Hall–Kier alpha value is -1.25. The quantitative estimate of drug-likeness (QED) is 0.655. The van der Waals surface area contributed by atoms with Crippen molar-refractivity contribution in [3.63, 3.8) is 0 Å². The Morgan fingerprint density at radius 2 is 1.76 bits per heavy atom. The highest BCUT2D eigenvalue weighted by Gasteiger charge is 2.27. The standard InChI is InChI=1S/C21H35N3O3S2/c1-6-23(7-2)19-12-11-17(29(26,27)24-13-9-8-10-14-24)15-18(19)22-20(25)16-28-21(3,4)5/h11-12,15H,6-10,13-14,16H2,1-5H3,(H,22,25). The summed E-state index contributed by atoms with van der Waals surface area (Å²) >= 11 is 1.57. The number of sulfonamides is 1. The molecule has 1 aliphatic rings. The minimum atomic E-state index is -3.55. The van der Waals surface area contributed by atoms with Crippen molar-refractivity contribution in [1.82, 2.24) is 4.31 Å². The molecule has 8 heteroatoms. The first kappa shape index (κ1) is 24.0. The zero-order chi connectivity index (χ0) is 21.7. The molecular weight excluding hydrogens is 406 g/mol. The predicted molar refractivity (Wildman–Crippen MR) is 123 cm³/mol. The van der Waals surface area contributed by atoms with Crippen LogP contribution in [-0.2, 0) is 14.8 Å². The first-order chi connectivity index (χ1) is 13.6. The van der Waals surface area contributed by atoms with E-state index in [1.807, 2.05) is 19.9 Å². The van der Waals surface area contributed by atoms with Crippen LogP contribution >= 0.6 is 11.8 Å². The number of amides is 1. The van der Waals surface area contributed by atoms with Crippen LogP contribution in [0.1, 0.15) is 53.9 Å². The van der Waals surface area contributed by atoms with E-state index in [-0.39, 0.29) is 15.5 Å². The summed E-state index contributed by atoms with van der Waals surface area (Å²) in [6.45, 7) is 13.0. The van der Waals surface area contributed by atoms with E-state index in [2.05, 4.69) is 31.0 Å². The van der Waals surface area contributed by atoms with Gasteiger partial charge in [-0.1, -0.05) is 27.2 Å². The molecule has 1 N–H and O–H groups in total. The molecule has 0 bridgehead atoms. The zero-order valence-electron chi connectivity index (χ0n) is 18.3. The lowest BCUT2D eigenvalue weighted by Gasteiger charge is -2.28. The Labute approximate surface area is 180 Å². The van der Waals surface area contributed by atoms with Crippen molar-refractivity contribution in [3.05, 3.63) is 18.2 Å². The van der Waals surface area contributed by atoms with Crippen molar-refractivity contribution in [3.8, 4) is 0 Å². The predicted octanol–water partition coefficient (Wildman–Crippen LogP) is 4.18. The van der Waals surface area contributed by atoms with Crippen LogP contribution < -0.4 is 10.2 Å². The number of nitrogens with one attached hydrogen (secondary N) is 1. The summed E-state index contributed by atoms with van der Waals surface area (Å²) in [6.07, 6.45) is 2.86. The highest BCUT2D eigenvalue weighted by atomic mass is 32.2. The summed E-state index contributed by atoms with van der Waals surface area (Å²) in [4.78, 5) is 14.9. The van der Waals surface area contributed by atoms with Crippen LogP contribution in [-0.4, -0.2) is 55.3 Å².